The third kappa shape index (κ3) is 3.66. The van der Waals surface area contributed by atoms with Gasteiger partial charge in [0.05, 0.1) is 5.41 Å². The van der Waals surface area contributed by atoms with E-state index in [9.17, 15) is 14.7 Å². The fourth-order valence-electron chi connectivity index (χ4n) is 4.99. The first-order valence-corrected chi connectivity index (χ1v) is 10.6. The summed E-state index contributed by atoms with van der Waals surface area (Å²) in [6.45, 7) is 9.37. The number of hydrogen-bond acceptors (Lipinski definition) is 5. The van der Waals surface area contributed by atoms with Crippen molar-refractivity contribution in [2.75, 3.05) is 12.4 Å². The van der Waals surface area contributed by atoms with Crippen molar-refractivity contribution in [1.29, 1.82) is 0 Å². The molecule has 2 aliphatic rings. The highest BCUT2D eigenvalue weighted by molar-refractivity contribution is 6.01. The third-order valence-corrected chi connectivity index (χ3v) is 7.74. The number of carboxylic acids is 1. The molecule has 1 saturated carbocycles. The first-order chi connectivity index (χ1) is 14.2. The molecule has 4 N–H and O–H groups in total. The molecule has 0 radical (unpaired) electrons. The number of nitrogens with two attached hydrogens (primary N) is 1. The predicted octanol–water partition coefficient (Wildman–Crippen LogP) is 3.55. The Morgan fingerprint density at radius 3 is 2.55 bits per heavy atom. The quantitative estimate of drug-likeness (QED) is 0.659. The fraction of sp³-hybridized carbons (Fsp3) is 0.609. The van der Waals surface area contributed by atoms with Crippen LogP contribution in [-0.2, 0) is 15.1 Å². The summed E-state index contributed by atoms with van der Waals surface area (Å²) in [5, 5.41) is 12.7. The number of hydrogen-bond donors (Lipinski definition) is 3. The van der Waals surface area contributed by atoms with Crippen LogP contribution in [-0.4, -0.2) is 40.9 Å². The molecular weight excluding hydrogens is 399 g/mol. The van der Waals surface area contributed by atoms with Crippen LogP contribution in [0.3, 0.4) is 0 Å². The second-order valence-electron chi connectivity index (χ2n) is 10.1. The number of nitrogens with zero attached hydrogens (tertiary/aromatic N) is 2. The lowest BCUT2D eigenvalue weighted by Gasteiger charge is -2.46. The second-order valence-corrected chi connectivity index (χ2v) is 10.1. The minimum atomic E-state index is -1.18. The molecule has 1 fully saturated rings. The molecule has 1 aliphatic carbocycles. The van der Waals surface area contributed by atoms with Gasteiger partial charge in [0, 0.05) is 30.8 Å². The zero-order valence-corrected chi connectivity index (χ0v) is 19.1. The Balaban J connectivity index is 1.96. The van der Waals surface area contributed by atoms with Crippen molar-refractivity contribution in [3.05, 3.63) is 29.6 Å². The number of halogens is 1. The highest BCUT2D eigenvalue weighted by Gasteiger charge is 2.54. The summed E-state index contributed by atoms with van der Waals surface area (Å²) in [6.07, 6.45) is 1.78. The lowest BCUT2D eigenvalue weighted by atomic mass is 9.67. The zero-order valence-electron chi connectivity index (χ0n) is 19.1. The SMILES string of the molecule is CN1C(=O)C(C)(C)C(C)(c2cc(NC3CCC(CC(=O)O)C3(C)C)ccc2F)N=C1N. The minimum Gasteiger partial charge on any atom is -0.481 e. The average molecular weight is 433 g/mol. The number of carbonyl (C=O) groups is 2. The maximum absolute atomic E-state index is 15.0. The van der Waals surface area contributed by atoms with Crippen LogP contribution in [0.4, 0.5) is 10.1 Å². The molecule has 1 aromatic rings. The highest BCUT2D eigenvalue weighted by Crippen LogP contribution is 2.49. The number of aliphatic imine (C=N–C) groups is 1. The standard InChI is InChI=1S/C23H33FN4O3/c1-21(2)13(11-18(29)30)7-10-17(21)26-14-8-9-16(24)15(12-14)23(5)22(3,4)19(31)28(6)20(25)27-23/h8-9,12-13,17,26H,7,10-11H2,1-6H3,(H2,25,27)(H,29,30). The molecule has 1 amide bonds. The Labute approximate surface area is 182 Å². The van der Waals surface area contributed by atoms with Crippen molar-refractivity contribution >= 4 is 23.5 Å². The maximum atomic E-state index is 15.0. The number of nitrogens with one attached hydrogen (secondary N) is 1. The maximum Gasteiger partial charge on any atom is 0.303 e. The van der Waals surface area contributed by atoms with Gasteiger partial charge in [0.25, 0.3) is 0 Å². The number of guanidine groups is 1. The summed E-state index contributed by atoms with van der Waals surface area (Å²) >= 11 is 0. The molecule has 1 aliphatic heterocycles. The smallest absolute Gasteiger partial charge is 0.303 e. The third-order valence-electron chi connectivity index (χ3n) is 7.74. The van der Waals surface area contributed by atoms with E-state index in [1.54, 1.807) is 40.0 Å². The van der Waals surface area contributed by atoms with Crippen LogP contribution in [0.5, 0.6) is 0 Å². The van der Waals surface area contributed by atoms with Crippen LogP contribution in [0.15, 0.2) is 23.2 Å². The largest absolute Gasteiger partial charge is 0.481 e. The normalized spacial score (nSPS) is 29.6. The minimum absolute atomic E-state index is 0.0451. The van der Waals surface area contributed by atoms with Gasteiger partial charge in [0.2, 0.25) is 5.91 Å². The monoisotopic (exact) mass is 432 g/mol. The molecule has 1 aromatic carbocycles. The highest BCUT2D eigenvalue weighted by atomic mass is 19.1. The fourth-order valence-corrected chi connectivity index (χ4v) is 4.99. The van der Waals surface area contributed by atoms with Gasteiger partial charge in [-0.15, -0.1) is 0 Å². The number of aliphatic carboxylic acids is 1. The van der Waals surface area contributed by atoms with Crippen LogP contribution in [0.25, 0.3) is 0 Å². The van der Waals surface area contributed by atoms with Gasteiger partial charge in [-0.2, -0.15) is 0 Å². The molecule has 0 bridgehead atoms. The van der Waals surface area contributed by atoms with Crippen molar-refractivity contribution in [2.24, 2.45) is 27.5 Å². The van der Waals surface area contributed by atoms with Gasteiger partial charge in [-0.1, -0.05) is 13.8 Å². The Morgan fingerprint density at radius 2 is 1.94 bits per heavy atom. The molecule has 31 heavy (non-hydrogen) atoms. The van der Waals surface area contributed by atoms with Crippen molar-refractivity contribution in [3.63, 3.8) is 0 Å². The Kier molecular flexibility index (Phi) is 5.57. The summed E-state index contributed by atoms with van der Waals surface area (Å²) in [6, 6.07) is 4.79. The first-order valence-electron chi connectivity index (χ1n) is 10.6. The molecule has 3 unspecified atom stereocenters. The summed E-state index contributed by atoms with van der Waals surface area (Å²) < 4.78 is 15.0. The van der Waals surface area contributed by atoms with Gasteiger partial charge >= 0.3 is 5.97 Å². The molecular formula is C23H33FN4O3. The van der Waals surface area contributed by atoms with Crippen LogP contribution in [0.2, 0.25) is 0 Å². The lowest BCUT2D eigenvalue weighted by molar-refractivity contribution is -0.141. The van der Waals surface area contributed by atoms with Crippen LogP contribution in [0, 0.1) is 22.6 Å². The van der Waals surface area contributed by atoms with E-state index in [0.717, 1.165) is 12.8 Å². The van der Waals surface area contributed by atoms with Crippen LogP contribution < -0.4 is 11.1 Å². The second kappa shape index (κ2) is 7.50. The number of amides is 1. The molecule has 1 heterocycles. The summed E-state index contributed by atoms with van der Waals surface area (Å²) in [5.41, 5.74) is 4.56. The van der Waals surface area contributed by atoms with Crippen LogP contribution >= 0.6 is 0 Å². The summed E-state index contributed by atoms with van der Waals surface area (Å²) in [4.78, 5) is 30.0. The van der Waals surface area contributed by atoms with E-state index in [0.29, 0.717) is 11.3 Å². The number of rotatable bonds is 5. The lowest BCUT2D eigenvalue weighted by Crippen LogP contribution is -2.58. The molecule has 3 rings (SSSR count). The molecule has 170 valence electrons. The van der Waals surface area contributed by atoms with Gasteiger partial charge in [0.1, 0.15) is 11.4 Å². The van der Waals surface area contributed by atoms with E-state index in [1.807, 2.05) is 0 Å². The zero-order chi connectivity index (χ0) is 23.4. The molecule has 0 spiro atoms. The van der Waals surface area contributed by atoms with Crippen molar-refractivity contribution in [1.82, 2.24) is 4.90 Å². The van der Waals surface area contributed by atoms with Crippen molar-refractivity contribution < 1.29 is 19.1 Å². The van der Waals surface area contributed by atoms with E-state index in [4.69, 9.17) is 5.73 Å². The van der Waals surface area contributed by atoms with E-state index < -0.39 is 22.7 Å². The van der Waals surface area contributed by atoms with Gasteiger partial charge < -0.3 is 16.2 Å². The Bertz CT molecular complexity index is 943. The van der Waals surface area contributed by atoms with E-state index in [2.05, 4.69) is 24.2 Å². The molecule has 3 atom stereocenters. The van der Waals surface area contributed by atoms with Crippen molar-refractivity contribution in [2.45, 2.75) is 65.5 Å². The number of anilines is 1. The van der Waals surface area contributed by atoms with Crippen molar-refractivity contribution in [3.8, 4) is 0 Å². The Hall–Kier alpha value is -2.64. The van der Waals surface area contributed by atoms with Gasteiger partial charge in [-0.05, 0) is 63.1 Å². The van der Waals surface area contributed by atoms with Gasteiger partial charge in [-0.25, -0.2) is 9.38 Å². The predicted molar refractivity (Wildman–Crippen MR) is 118 cm³/mol. The molecule has 0 aromatic heterocycles. The number of benzene rings is 1. The van der Waals surface area contributed by atoms with E-state index >= 15 is 4.39 Å². The molecule has 7 nitrogen and oxygen atoms in total. The molecule has 0 saturated heterocycles. The van der Waals surface area contributed by atoms with Gasteiger partial charge in [0.15, 0.2) is 5.96 Å². The number of carboxylic acid groups (broad SMARTS) is 1. The molecule has 8 heteroatoms. The topological polar surface area (TPSA) is 108 Å². The first kappa shape index (κ1) is 23.0. The van der Waals surface area contributed by atoms with Crippen LogP contribution in [0.1, 0.15) is 59.4 Å². The summed E-state index contributed by atoms with van der Waals surface area (Å²) in [5.74, 6) is -1.36. The van der Waals surface area contributed by atoms with E-state index in [1.165, 1.54) is 11.0 Å². The Morgan fingerprint density at radius 1 is 1.29 bits per heavy atom. The average Bonchev–Trinajstić information content (AvgIpc) is 2.94. The van der Waals surface area contributed by atoms with Gasteiger partial charge in [-0.3, -0.25) is 14.5 Å². The van der Waals surface area contributed by atoms with E-state index in [-0.39, 0.29) is 35.7 Å². The summed E-state index contributed by atoms with van der Waals surface area (Å²) in [7, 11) is 1.56. The number of carbonyl (C=O) groups excluding carboxylic acids is 1.